The summed E-state index contributed by atoms with van der Waals surface area (Å²) in [4.78, 5) is 14.4. The molecule has 0 spiro atoms. The Labute approximate surface area is 206 Å². The van der Waals surface area contributed by atoms with Crippen LogP contribution in [0.5, 0.6) is 0 Å². The van der Waals surface area contributed by atoms with Gasteiger partial charge < -0.3 is 5.73 Å². The fourth-order valence-corrected chi connectivity index (χ4v) is 5.89. The number of hydrogen-bond acceptors (Lipinski definition) is 2. The van der Waals surface area contributed by atoms with E-state index in [4.69, 9.17) is 5.73 Å². The molecule has 1 fully saturated rings. The number of benzene rings is 2. The van der Waals surface area contributed by atoms with E-state index in [0.717, 1.165) is 25.4 Å². The summed E-state index contributed by atoms with van der Waals surface area (Å²) in [5.41, 5.74) is 10.2. The molecule has 1 amide bonds. The molecule has 1 aliphatic heterocycles. The Morgan fingerprint density at radius 2 is 1.65 bits per heavy atom. The van der Waals surface area contributed by atoms with Crippen LogP contribution in [-0.2, 0) is 6.54 Å². The average molecular weight is 459 g/mol. The summed E-state index contributed by atoms with van der Waals surface area (Å²) in [6, 6.07) is 18.9. The molecule has 182 valence electrons. The number of carbonyl (C=O) groups is 1. The Balaban J connectivity index is 1.47. The van der Waals surface area contributed by atoms with Crippen molar-refractivity contribution in [2.24, 2.45) is 17.6 Å². The van der Waals surface area contributed by atoms with Crippen LogP contribution in [0.1, 0.15) is 92.1 Å². The van der Waals surface area contributed by atoms with Gasteiger partial charge in [0.1, 0.15) is 0 Å². The summed E-state index contributed by atoms with van der Waals surface area (Å²) >= 11 is 0. The van der Waals surface area contributed by atoms with Crippen LogP contribution in [0.15, 0.2) is 60.7 Å². The van der Waals surface area contributed by atoms with Gasteiger partial charge in [-0.05, 0) is 98.7 Å². The van der Waals surface area contributed by atoms with Gasteiger partial charge in [-0.2, -0.15) is 0 Å². The zero-order chi connectivity index (χ0) is 23.6. The van der Waals surface area contributed by atoms with E-state index < -0.39 is 0 Å². The summed E-state index contributed by atoms with van der Waals surface area (Å²) in [5, 5.41) is 0. The Bertz CT molecular complexity index is 935. The maximum atomic E-state index is 11.8. The average Bonchev–Trinajstić information content (AvgIpc) is 3.30. The summed E-state index contributed by atoms with van der Waals surface area (Å²) in [6.45, 7) is 3.40. The van der Waals surface area contributed by atoms with E-state index in [0.29, 0.717) is 11.5 Å². The Kier molecular flexibility index (Phi) is 9.38. The van der Waals surface area contributed by atoms with E-state index in [1.54, 1.807) is 0 Å². The molecular weight excluding hydrogens is 416 g/mol. The minimum atomic E-state index is -0.340. The van der Waals surface area contributed by atoms with E-state index in [1.165, 1.54) is 87.5 Å². The van der Waals surface area contributed by atoms with Gasteiger partial charge in [0.15, 0.2) is 0 Å². The SMILES string of the molecule is NC(=O)c1cccc(C2=CC3CCC(CCCCCCN(Cc4ccccc4)CCCC2)C3)c1. The topological polar surface area (TPSA) is 46.3 Å². The number of hydrogen-bond donors (Lipinski definition) is 1. The lowest BCUT2D eigenvalue weighted by Gasteiger charge is -2.23. The highest BCUT2D eigenvalue weighted by Gasteiger charge is 2.23. The molecule has 0 aromatic heterocycles. The molecule has 2 aliphatic rings. The first-order chi connectivity index (χ1) is 16.7. The van der Waals surface area contributed by atoms with Crippen LogP contribution in [0, 0.1) is 11.8 Å². The smallest absolute Gasteiger partial charge is 0.248 e. The van der Waals surface area contributed by atoms with Crippen molar-refractivity contribution in [1.82, 2.24) is 4.90 Å². The predicted molar refractivity (Wildman–Crippen MR) is 142 cm³/mol. The second-order valence-corrected chi connectivity index (χ2v) is 10.5. The molecule has 34 heavy (non-hydrogen) atoms. The monoisotopic (exact) mass is 458 g/mol. The molecule has 0 radical (unpaired) electrons. The molecular formula is C31H42N2O. The fraction of sp³-hybridized carbons (Fsp3) is 0.516. The van der Waals surface area contributed by atoms with Crippen molar-refractivity contribution in [1.29, 1.82) is 0 Å². The zero-order valence-electron chi connectivity index (χ0n) is 20.8. The van der Waals surface area contributed by atoms with Gasteiger partial charge in [-0.1, -0.05) is 74.2 Å². The normalized spacial score (nSPS) is 23.4. The van der Waals surface area contributed by atoms with Gasteiger partial charge in [-0.15, -0.1) is 0 Å². The van der Waals surface area contributed by atoms with Crippen LogP contribution in [0.25, 0.3) is 5.57 Å². The van der Waals surface area contributed by atoms with Gasteiger partial charge in [-0.3, -0.25) is 9.69 Å². The first-order valence-corrected chi connectivity index (χ1v) is 13.5. The van der Waals surface area contributed by atoms with Crippen LogP contribution >= 0.6 is 0 Å². The van der Waals surface area contributed by atoms with Crippen molar-refractivity contribution in [3.63, 3.8) is 0 Å². The van der Waals surface area contributed by atoms with E-state index in [1.807, 2.05) is 18.2 Å². The molecule has 3 heteroatoms. The molecule has 2 atom stereocenters. The van der Waals surface area contributed by atoms with E-state index in [9.17, 15) is 4.79 Å². The zero-order valence-corrected chi connectivity index (χ0v) is 20.8. The highest BCUT2D eigenvalue weighted by Crippen LogP contribution is 2.37. The highest BCUT2D eigenvalue weighted by atomic mass is 16.1. The second-order valence-electron chi connectivity index (χ2n) is 10.5. The standard InChI is InChI=1S/C31H42N2O/c32-31(34)30-16-10-15-29(23-30)28-14-7-9-20-33(24-26-12-5-3-6-13-26)19-8-2-1-4-11-25-17-18-27(21-25)22-28/h3,5-6,10,12-13,15-16,22-23,25,27H,1-2,4,7-9,11,14,17-21,24H2,(H2,32,34). The van der Waals surface area contributed by atoms with Crippen LogP contribution in [0.2, 0.25) is 0 Å². The lowest BCUT2D eigenvalue weighted by Crippen LogP contribution is -2.25. The van der Waals surface area contributed by atoms with Crippen LogP contribution in [0.4, 0.5) is 0 Å². The molecule has 0 saturated heterocycles. The molecule has 2 N–H and O–H groups in total. The van der Waals surface area contributed by atoms with Gasteiger partial charge in [0, 0.05) is 12.1 Å². The maximum absolute atomic E-state index is 11.8. The lowest BCUT2D eigenvalue weighted by molar-refractivity contribution is 0.1000. The lowest BCUT2D eigenvalue weighted by atomic mass is 9.92. The van der Waals surface area contributed by atoms with Crippen molar-refractivity contribution >= 4 is 11.5 Å². The van der Waals surface area contributed by atoms with E-state index in [2.05, 4.69) is 47.4 Å². The fourth-order valence-electron chi connectivity index (χ4n) is 5.89. The van der Waals surface area contributed by atoms with Gasteiger partial charge in [0.05, 0.1) is 0 Å². The quantitative estimate of drug-likeness (QED) is 0.525. The minimum Gasteiger partial charge on any atom is -0.366 e. The van der Waals surface area contributed by atoms with Crippen molar-refractivity contribution in [2.45, 2.75) is 77.2 Å². The van der Waals surface area contributed by atoms with Crippen LogP contribution in [0.3, 0.4) is 0 Å². The Morgan fingerprint density at radius 3 is 2.47 bits per heavy atom. The second kappa shape index (κ2) is 12.9. The number of carbonyl (C=O) groups excluding carboxylic acids is 1. The minimum absolute atomic E-state index is 0.340. The third-order valence-corrected chi connectivity index (χ3v) is 7.79. The number of amides is 1. The highest BCUT2D eigenvalue weighted by molar-refractivity contribution is 5.93. The molecule has 1 aliphatic carbocycles. The summed E-state index contributed by atoms with van der Waals surface area (Å²) in [6.07, 6.45) is 16.8. The van der Waals surface area contributed by atoms with E-state index in [-0.39, 0.29) is 5.91 Å². The Hall–Kier alpha value is -2.39. The van der Waals surface area contributed by atoms with Crippen LogP contribution < -0.4 is 5.73 Å². The van der Waals surface area contributed by atoms with E-state index >= 15 is 0 Å². The number of fused-ring (bicyclic) bond motifs is 2. The summed E-state index contributed by atoms with van der Waals surface area (Å²) in [7, 11) is 0. The van der Waals surface area contributed by atoms with Gasteiger partial charge in [-0.25, -0.2) is 0 Å². The first-order valence-electron chi connectivity index (χ1n) is 13.5. The number of allylic oxidation sites excluding steroid dienone is 2. The van der Waals surface area contributed by atoms with Crippen molar-refractivity contribution in [3.05, 3.63) is 77.4 Å². The van der Waals surface area contributed by atoms with Crippen molar-refractivity contribution in [2.75, 3.05) is 13.1 Å². The maximum Gasteiger partial charge on any atom is 0.248 e. The molecule has 2 bridgehead atoms. The molecule has 4 rings (SSSR count). The number of primary amides is 1. The molecule has 2 aromatic rings. The van der Waals surface area contributed by atoms with Gasteiger partial charge in [0.2, 0.25) is 5.91 Å². The number of rotatable bonds is 4. The first kappa shape index (κ1) is 24.7. The van der Waals surface area contributed by atoms with Crippen molar-refractivity contribution in [3.8, 4) is 0 Å². The molecule has 2 unspecified atom stereocenters. The predicted octanol–water partition coefficient (Wildman–Crippen LogP) is 7.22. The largest absolute Gasteiger partial charge is 0.366 e. The molecule has 1 saturated carbocycles. The van der Waals surface area contributed by atoms with Crippen molar-refractivity contribution < 1.29 is 4.79 Å². The molecule has 2 aromatic carbocycles. The number of nitrogens with zero attached hydrogens (tertiary/aromatic N) is 1. The summed E-state index contributed by atoms with van der Waals surface area (Å²) < 4.78 is 0. The summed E-state index contributed by atoms with van der Waals surface area (Å²) in [5.74, 6) is 1.23. The third-order valence-electron chi connectivity index (χ3n) is 7.79. The molecule has 3 nitrogen and oxygen atoms in total. The molecule has 1 heterocycles. The van der Waals surface area contributed by atoms with Crippen LogP contribution in [-0.4, -0.2) is 23.9 Å². The Morgan fingerprint density at radius 1 is 0.853 bits per heavy atom. The van der Waals surface area contributed by atoms with Gasteiger partial charge >= 0.3 is 0 Å². The van der Waals surface area contributed by atoms with Gasteiger partial charge in [0.25, 0.3) is 0 Å². The third kappa shape index (κ3) is 7.56. The number of nitrogens with two attached hydrogens (primary N) is 1.